The maximum atomic E-state index is 12.5. The fraction of sp³-hybridized carbons (Fsp3) is 0.176. The molecule has 0 atom stereocenters. The van der Waals surface area contributed by atoms with Gasteiger partial charge in [-0.15, -0.1) is 0 Å². The van der Waals surface area contributed by atoms with Gasteiger partial charge < -0.3 is 0 Å². The van der Waals surface area contributed by atoms with Crippen molar-refractivity contribution in [3.63, 3.8) is 0 Å². The predicted octanol–water partition coefficient (Wildman–Crippen LogP) is 3.67. The molecule has 2 aromatic rings. The Bertz CT molecular complexity index is 632. The van der Waals surface area contributed by atoms with Gasteiger partial charge in [0.1, 0.15) is 0 Å². The molecule has 0 fully saturated rings. The first-order chi connectivity index (χ1) is 9.33. The van der Waals surface area contributed by atoms with E-state index in [1.54, 1.807) is 0 Å². The van der Waals surface area contributed by atoms with Crippen LogP contribution in [0.1, 0.15) is 45.8 Å². The Hall–Kier alpha value is -2.40. The van der Waals surface area contributed by atoms with Crippen molar-refractivity contribution in [2.45, 2.75) is 18.8 Å². The van der Waals surface area contributed by atoms with Crippen molar-refractivity contribution in [3.05, 3.63) is 70.8 Å². The van der Waals surface area contributed by atoms with Crippen LogP contribution in [0.25, 0.3) is 0 Å². The summed E-state index contributed by atoms with van der Waals surface area (Å²) in [4.78, 5) is 12.5. The molecule has 3 rings (SSSR count). The van der Waals surface area contributed by atoms with Gasteiger partial charge in [-0.3, -0.25) is 4.79 Å². The number of nitrogens with zero attached hydrogens (tertiary/aromatic N) is 1. The minimum atomic E-state index is 0.0967. The van der Waals surface area contributed by atoms with Crippen molar-refractivity contribution < 1.29 is 4.79 Å². The van der Waals surface area contributed by atoms with E-state index in [1.807, 2.05) is 48.5 Å². The maximum absolute atomic E-state index is 12.5. The Labute approximate surface area is 112 Å². The molecular weight excluding hydrogens is 234 g/mol. The summed E-state index contributed by atoms with van der Waals surface area (Å²) >= 11 is 0. The number of hydrogen-bond acceptors (Lipinski definition) is 2. The van der Waals surface area contributed by atoms with E-state index in [2.05, 4.69) is 6.07 Å². The minimum Gasteiger partial charge on any atom is -0.289 e. The molecule has 0 spiro atoms. The van der Waals surface area contributed by atoms with E-state index in [4.69, 9.17) is 5.26 Å². The third kappa shape index (κ3) is 1.84. The van der Waals surface area contributed by atoms with Crippen LogP contribution in [0.15, 0.2) is 48.5 Å². The number of carbonyl (C=O) groups excluding carboxylic acids is 1. The first-order valence-electron chi connectivity index (χ1n) is 6.42. The van der Waals surface area contributed by atoms with Crippen LogP contribution in [0.3, 0.4) is 0 Å². The van der Waals surface area contributed by atoms with Crippen LogP contribution in [0, 0.1) is 11.3 Å². The van der Waals surface area contributed by atoms with Gasteiger partial charge in [-0.05, 0) is 17.5 Å². The van der Waals surface area contributed by atoms with Crippen LogP contribution in [0.4, 0.5) is 0 Å². The Morgan fingerprint density at radius 2 is 1.47 bits per heavy atom. The highest BCUT2D eigenvalue weighted by Crippen LogP contribution is 2.38. The molecule has 2 nitrogen and oxygen atoms in total. The molecule has 1 aliphatic carbocycles. The van der Waals surface area contributed by atoms with E-state index in [-0.39, 0.29) is 11.7 Å². The zero-order chi connectivity index (χ0) is 13.2. The van der Waals surface area contributed by atoms with Crippen molar-refractivity contribution in [1.29, 1.82) is 5.26 Å². The van der Waals surface area contributed by atoms with Crippen LogP contribution in [0.2, 0.25) is 0 Å². The number of benzene rings is 2. The summed E-state index contributed by atoms with van der Waals surface area (Å²) in [6.45, 7) is 0. The number of ketones is 1. The molecule has 0 aromatic heterocycles. The first-order valence-corrected chi connectivity index (χ1v) is 6.42. The van der Waals surface area contributed by atoms with Gasteiger partial charge >= 0.3 is 0 Å². The summed E-state index contributed by atoms with van der Waals surface area (Å²) in [7, 11) is 0. The van der Waals surface area contributed by atoms with Crippen molar-refractivity contribution in [3.8, 4) is 6.07 Å². The van der Waals surface area contributed by atoms with E-state index < -0.39 is 0 Å². The summed E-state index contributed by atoms with van der Waals surface area (Å²) in [5, 5.41) is 8.83. The van der Waals surface area contributed by atoms with Crippen molar-refractivity contribution in [1.82, 2.24) is 0 Å². The Balaban J connectivity index is 2.18. The number of hydrogen-bond donors (Lipinski definition) is 0. The molecule has 0 heterocycles. The molecule has 0 aliphatic heterocycles. The van der Waals surface area contributed by atoms with Gasteiger partial charge in [0.25, 0.3) is 0 Å². The molecule has 1 aliphatic rings. The van der Waals surface area contributed by atoms with Crippen LogP contribution in [-0.4, -0.2) is 5.78 Å². The number of rotatable bonds is 2. The van der Waals surface area contributed by atoms with Gasteiger partial charge in [-0.1, -0.05) is 48.5 Å². The second kappa shape index (κ2) is 4.70. The molecule has 0 saturated heterocycles. The lowest BCUT2D eigenvalue weighted by molar-refractivity contribution is 0.103. The quantitative estimate of drug-likeness (QED) is 0.812. The highest BCUT2D eigenvalue weighted by molar-refractivity contribution is 6.12. The monoisotopic (exact) mass is 247 g/mol. The molecular formula is C17H13NO. The molecule has 0 radical (unpaired) electrons. The highest BCUT2D eigenvalue weighted by Gasteiger charge is 2.29. The van der Waals surface area contributed by atoms with Crippen LogP contribution < -0.4 is 0 Å². The number of nitriles is 1. The van der Waals surface area contributed by atoms with Crippen LogP contribution in [0.5, 0.6) is 0 Å². The second-order valence-corrected chi connectivity index (χ2v) is 4.75. The van der Waals surface area contributed by atoms with Crippen molar-refractivity contribution in [2.24, 2.45) is 0 Å². The average molecular weight is 247 g/mol. The molecule has 2 aromatic carbocycles. The summed E-state index contributed by atoms with van der Waals surface area (Å²) in [6, 6.07) is 17.7. The van der Waals surface area contributed by atoms with Crippen molar-refractivity contribution in [2.75, 3.05) is 0 Å². The van der Waals surface area contributed by atoms with Crippen LogP contribution in [-0.2, 0) is 0 Å². The molecule has 0 bridgehead atoms. The zero-order valence-electron chi connectivity index (χ0n) is 10.5. The third-order valence-corrected chi connectivity index (χ3v) is 3.71. The van der Waals surface area contributed by atoms with Gasteiger partial charge in [0.15, 0.2) is 5.78 Å². The average Bonchev–Trinajstić information content (AvgIpc) is 2.47. The summed E-state index contributed by atoms with van der Waals surface area (Å²) in [5.41, 5.74) is 3.68. The summed E-state index contributed by atoms with van der Waals surface area (Å²) in [5.74, 6) is 0.254. The van der Waals surface area contributed by atoms with Gasteiger partial charge in [0.05, 0.1) is 6.07 Å². The fourth-order valence-electron chi connectivity index (χ4n) is 2.85. The topological polar surface area (TPSA) is 40.9 Å². The lowest BCUT2D eigenvalue weighted by Crippen LogP contribution is -2.19. The molecule has 19 heavy (non-hydrogen) atoms. The summed E-state index contributed by atoms with van der Waals surface area (Å²) in [6.07, 6.45) is 1.26. The third-order valence-electron chi connectivity index (χ3n) is 3.71. The predicted molar refractivity (Wildman–Crippen MR) is 73.0 cm³/mol. The van der Waals surface area contributed by atoms with Crippen LogP contribution >= 0.6 is 0 Å². The number of fused-ring (bicyclic) bond motifs is 2. The SMILES string of the molecule is N#CCCC1c2ccccc2C(=O)c2ccccc21. The Kier molecular flexibility index (Phi) is 2.89. The normalized spacial score (nSPS) is 13.5. The van der Waals surface area contributed by atoms with Gasteiger partial charge in [0, 0.05) is 23.5 Å². The Morgan fingerprint density at radius 3 is 2.00 bits per heavy atom. The van der Waals surface area contributed by atoms with Crippen molar-refractivity contribution >= 4 is 5.78 Å². The smallest absolute Gasteiger partial charge is 0.193 e. The molecule has 0 saturated carbocycles. The number of carbonyl (C=O) groups is 1. The van der Waals surface area contributed by atoms with E-state index in [9.17, 15) is 4.79 Å². The molecule has 2 heteroatoms. The highest BCUT2D eigenvalue weighted by atomic mass is 16.1. The van der Waals surface area contributed by atoms with Gasteiger partial charge in [0.2, 0.25) is 0 Å². The summed E-state index contributed by atoms with van der Waals surface area (Å²) < 4.78 is 0. The lowest BCUT2D eigenvalue weighted by Gasteiger charge is -2.26. The largest absolute Gasteiger partial charge is 0.289 e. The molecule has 0 unspecified atom stereocenters. The van der Waals surface area contributed by atoms with E-state index >= 15 is 0 Å². The van der Waals surface area contributed by atoms with Gasteiger partial charge in [-0.2, -0.15) is 5.26 Å². The zero-order valence-corrected chi connectivity index (χ0v) is 10.5. The molecule has 92 valence electrons. The van der Waals surface area contributed by atoms with Gasteiger partial charge in [-0.25, -0.2) is 0 Å². The van der Waals surface area contributed by atoms with E-state index in [1.165, 1.54) is 0 Å². The Morgan fingerprint density at radius 1 is 0.947 bits per heavy atom. The fourth-order valence-corrected chi connectivity index (χ4v) is 2.85. The maximum Gasteiger partial charge on any atom is 0.193 e. The molecule has 0 amide bonds. The lowest BCUT2D eigenvalue weighted by atomic mass is 9.75. The second-order valence-electron chi connectivity index (χ2n) is 4.75. The van der Waals surface area contributed by atoms with E-state index in [0.29, 0.717) is 6.42 Å². The first kappa shape index (κ1) is 11.7. The molecule has 0 N–H and O–H groups in total. The van der Waals surface area contributed by atoms with E-state index in [0.717, 1.165) is 28.7 Å². The standard InChI is InChI=1S/C17H13NO/c18-11-5-10-12-13-6-1-3-8-15(13)17(19)16-9-4-2-7-14(12)16/h1-4,6-9,12H,5,10H2. The minimum absolute atomic E-state index is 0.0967.